The first kappa shape index (κ1) is 19.0. The van der Waals surface area contributed by atoms with E-state index in [2.05, 4.69) is 4.98 Å². The van der Waals surface area contributed by atoms with Gasteiger partial charge in [0.05, 0.1) is 6.04 Å². The van der Waals surface area contributed by atoms with Crippen molar-refractivity contribution in [2.24, 2.45) is 5.73 Å². The Morgan fingerprint density at radius 2 is 1.88 bits per heavy atom. The predicted octanol–water partition coefficient (Wildman–Crippen LogP) is 1.21. The maximum absolute atomic E-state index is 11.6. The number of amides is 2. The Hall–Kier alpha value is -3.33. The zero-order chi connectivity index (χ0) is 18.9. The van der Waals surface area contributed by atoms with E-state index >= 15 is 0 Å². The van der Waals surface area contributed by atoms with Crippen LogP contribution in [-0.2, 0) is 4.79 Å². The van der Waals surface area contributed by atoms with Crippen LogP contribution in [0.4, 0.5) is 4.79 Å². The van der Waals surface area contributed by atoms with Gasteiger partial charge < -0.3 is 25.1 Å². The predicted molar refractivity (Wildman–Crippen MR) is 91.1 cm³/mol. The molecule has 26 heavy (non-hydrogen) atoms. The summed E-state index contributed by atoms with van der Waals surface area (Å²) < 4.78 is 15.6. The molecule has 0 aliphatic carbocycles. The van der Waals surface area contributed by atoms with E-state index in [-0.39, 0.29) is 19.0 Å². The molecule has 9 heteroatoms. The first-order valence-electron chi connectivity index (χ1n) is 7.74. The van der Waals surface area contributed by atoms with E-state index in [0.29, 0.717) is 5.75 Å². The Kier molecular flexibility index (Phi) is 6.75. The van der Waals surface area contributed by atoms with E-state index in [9.17, 15) is 14.7 Å². The largest absolute Gasteiger partial charge is 0.501 e. The number of nitrogens with zero attached hydrogens (tertiary/aromatic N) is 1. The normalized spacial score (nSPS) is 11.3. The van der Waals surface area contributed by atoms with Crippen LogP contribution in [0, 0.1) is 0 Å². The summed E-state index contributed by atoms with van der Waals surface area (Å²) >= 11 is 0. The Morgan fingerprint density at radius 1 is 1.19 bits per heavy atom. The van der Waals surface area contributed by atoms with Crippen molar-refractivity contribution in [1.82, 2.24) is 10.3 Å². The number of aromatic hydroxyl groups is 1. The summed E-state index contributed by atoms with van der Waals surface area (Å²) in [6, 6.07) is 9.68. The molecule has 0 unspecified atom stereocenters. The fourth-order valence-electron chi connectivity index (χ4n) is 1.76. The molecular formula is C17H19N3O6. The Bertz CT molecular complexity index is 751. The number of imide groups is 1. The van der Waals surface area contributed by atoms with Gasteiger partial charge in [0.2, 0.25) is 11.7 Å². The molecule has 0 spiro atoms. The number of pyridine rings is 1. The molecule has 4 N–H and O–H groups in total. The van der Waals surface area contributed by atoms with Crippen molar-refractivity contribution in [2.45, 2.75) is 13.0 Å². The third-order valence-corrected chi connectivity index (χ3v) is 3.03. The van der Waals surface area contributed by atoms with Gasteiger partial charge in [-0.3, -0.25) is 10.1 Å². The Labute approximate surface area is 149 Å². The van der Waals surface area contributed by atoms with Crippen LogP contribution in [0.2, 0.25) is 0 Å². The standard InChI is InChI=1S/C17H19N3O6/c1-11(18)15(22)20-17(23)26-16-14(21)13(7-8-19-16)25-10-9-24-12-5-3-2-4-6-12/h2-8,11,21H,9-10,18H2,1H3,(H,20,22,23)/t11-/m0/s1. The fraction of sp³-hybridized carbons (Fsp3) is 0.235. The molecule has 2 amide bonds. The number of para-hydroxylation sites is 1. The van der Waals surface area contributed by atoms with Crippen molar-refractivity contribution >= 4 is 12.0 Å². The third kappa shape index (κ3) is 5.64. The molecule has 2 rings (SSSR count). The van der Waals surface area contributed by atoms with Crippen molar-refractivity contribution in [3.05, 3.63) is 42.6 Å². The minimum atomic E-state index is -1.11. The van der Waals surface area contributed by atoms with Gasteiger partial charge in [-0.2, -0.15) is 0 Å². The molecule has 9 nitrogen and oxygen atoms in total. The second-order valence-electron chi connectivity index (χ2n) is 5.14. The molecule has 0 fully saturated rings. The van der Waals surface area contributed by atoms with Crippen molar-refractivity contribution in [2.75, 3.05) is 13.2 Å². The molecule has 1 aromatic carbocycles. The van der Waals surface area contributed by atoms with E-state index in [0.717, 1.165) is 0 Å². The summed E-state index contributed by atoms with van der Waals surface area (Å²) in [6.45, 7) is 1.79. The van der Waals surface area contributed by atoms with Gasteiger partial charge in [-0.1, -0.05) is 18.2 Å². The molecule has 0 radical (unpaired) electrons. The molecule has 1 heterocycles. The van der Waals surface area contributed by atoms with Gasteiger partial charge in [0.15, 0.2) is 5.75 Å². The molecule has 138 valence electrons. The van der Waals surface area contributed by atoms with Gasteiger partial charge in [-0.15, -0.1) is 0 Å². The molecule has 0 aliphatic rings. The highest BCUT2D eigenvalue weighted by molar-refractivity contribution is 5.95. The smallest absolute Gasteiger partial charge is 0.420 e. The average Bonchev–Trinajstić information content (AvgIpc) is 2.62. The number of aromatic nitrogens is 1. The average molecular weight is 361 g/mol. The third-order valence-electron chi connectivity index (χ3n) is 3.03. The summed E-state index contributed by atoms with van der Waals surface area (Å²) in [7, 11) is 0. The number of carbonyl (C=O) groups excluding carboxylic acids is 2. The molecular weight excluding hydrogens is 342 g/mol. The van der Waals surface area contributed by atoms with Crippen LogP contribution in [0.15, 0.2) is 42.6 Å². The Balaban J connectivity index is 1.87. The highest BCUT2D eigenvalue weighted by Gasteiger charge is 2.18. The van der Waals surface area contributed by atoms with Crippen LogP contribution in [0.5, 0.6) is 23.1 Å². The van der Waals surface area contributed by atoms with E-state index in [1.807, 2.05) is 23.5 Å². The van der Waals surface area contributed by atoms with E-state index in [1.165, 1.54) is 19.2 Å². The van der Waals surface area contributed by atoms with Crippen molar-refractivity contribution in [3.8, 4) is 23.1 Å². The molecule has 0 aliphatic heterocycles. The molecule has 1 atom stereocenters. The van der Waals surface area contributed by atoms with Gasteiger partial charge in [-0.05, 0) is 19.1 Å². The van der Waals surface area contributed by atoms with Crippen molar-refractivity contribution < 1.29 is 28.9 Å². The van der Waals surface area contributed by atoms with Gasteiger partial charge in [0, 0.05) is 12.3 Å². The lowest BCUT2D eigenvalue weighted by molar-refractivity contribution is -0.121. The lowest BCUT2D eigenvalue weighted by Crippen LogP contribution is -2.42. The number of benzene rings is 1. The van der Waals surface area contributed by atoms with Gasteiger partial charge in [-0.25, -0.2) is 9.78 Å². The van der Waals surface area contributed by atoms with Crippen LogP contribution < -0.4 is 25.3 Å². The Morgan fingerprint density at radius 3 is 2.58 bits per heavy atom. The number of ether oxygens (including phenoxy) is 3. The second kappa shape index (κ2) is 9.23. The van der Waals surface area contributed by atoms with Crippen LogP contribution in [0.1, 0.15) is 6.92 Å². The van der Waals surface area contributed by atoms with E-state index in [4.69, 9.17) is 19.9 Å². The summed E-state index contributed by atoms with van der Waals surface area (Å²) in [6.07, 6.45) is 0.169. The number of hydrogen-bond acceptors (Lipinski definition) is 8. The van der Waals surface area contributed by atoms with Crippen LogP contribution in [-0.4, -0.2) is 41.3 Å². The minimum Gasteiger partial charge on any atom is -0.501 e. The number of nitrogens with one attached hydrogen (secondary N) is 1. The topological polar surface area (TPSA) is 133 Å². The zero-order valence-electron chi connectivity index (χ0n) is 14.0. The van der Waals surface area contributed by atoms with Gasteiger partial charge in [0.1, 0.15) is 19.0 Å². The maximum Gasteiger partial charge on any atom is 0.420 e. The molecule has 0 bridgehead atoms. The van der Waals surface area contributed by atoms with Crippen molar-refractivity contribution in [3.63, 3.8) is 0 Å². The number of carbonyl (C=O) groups is 2. The van der Waals surface area contributed by atoms with Crippen LogP contribution in [0.25, 0.3) is 0 Å². The quantitative estimate of drug-likeness (QED) is 0.627. The van der Waals surface area contributed by atoms with Crippen molar-refractivity contribution in [1.29, 1.82) is 0 Å². The maximum atomic E-state index is 11.6. The lowest BCUT2D eigenvalue weighted by atomic mass is 10.3. The highest BCUT2D eigenvalue weighted by atomic mass is 16.6. The summed E-state index contributed by atoms with van der Waals surface area (Å²) in [5, 5.41) is 12.0. The summed E-state index contributed by atoms with van der Waals surface area (Å²) in [5.74, 6) is -0.857. The molecule has 0 saturated heterocycles. The lowest BCUT2D eigenvalue weighted by Gasteiger charge is -2.11. The van der Waals surface area contributed by atoms with Gasteiger partial charge in [0.25, 0.3) is 5.88 Å². The number of hydrogen-bond donors (Lipinski definition) is 3. The fourth-order valence-corrected chi connectivity index (χ4v) is 1.76. The first-order chi connectivity index (χ1) is 12.5. The monoisotopic (exact) mass is 361 g/mol. The zero-order valence-corrected chi connectivity index (χ0v) is 14.0. The van der Waals surface area contributed by atoms with Crippen LogP contribution in [0.3, 0.4) is 0 Å². The van der Waals surface area contributed by atoms with E-state index in [1.54, 1.807) is 12.1 Å². The highest BCUT2D eigenvalue weighted by Crippen LogP contribution is 2.33. The SMILES string of the molecule is C[C@H](N)C(=O)NC(=O)Oc1nccc(OCCOc2ccccc2)c1O. The number of rotatable bonds is 7. The minimum absolute atomic E-state index is 0.0537. The second-order valence-corrected chi connectivity index (χ2v) is 5.14. The first-order valence-corrected chi connectivity index (χ1v) is 7.74. The van der Waals surface area contributed by atoms with Crippen LogP contribution >= 0.6 is 0 Å². The number of nitrogens with two attached hydrogens (primary N) is 1. The molecule has 0 saturated carbocycles. The molecule has 1 aromatic heterocycles. The summed E-state index contributed by atoms with van der Waals surface area (Å²) in [4.78, 5) is 26.6. The summed E-state index contributed by atoms with van der Waals surface area (Å²) in [5.41, 5.74) is 5.33. The van der Waals surface area contributed by atoms with Gasteiger partial charge >= 0.3 is 6.09 Å². The molecule has 2 aromatic rings. The van der Waals surface area contributed by atoms with E-state index < -0.39 is 29.7 Å².